The van der Waals surface area contributed by atoms with E-state index in [2.05, 4.69) is 56.1 Å². The van der Waals surface area contributed by atoms with Gasteiger partial charge in [0.2, 0.25) is 0 Å². The Morgan fingerprint density at radius 3 is 1.72 bits per heavy atom. The van der Waals surface area contributed by atoms with E-state index in [0.29, 0.717) is 70.8 Å². The first-order valence-electron chi connectivity index (χ1n) is 18.9. The molecule has 0 saturated carbocycles. The van der Waals surface area contributed by atoms with Gasteiger partial charge in [0, 0.05) is 21.6 Å². The van der Waals surface area contributed by atoms with Crippen LogP contribution in [0.2, 0.25) is 0 Å². The summed E-state index contributed by atoms with van der Waals surface area (Å²) in [5, 5.41) is 8.85. The standard InChI is InChI=1S/C44H50Br2O11/c1-4-56-43(49)39-26-33(7-12-42(39)57-24-23-54-20-19-52-16-15-50-3)44(40-27-34(45)8-10-36(40)37-11-9-35(46)28-41(37)44)32-6-5-31(38(25-32)30(2)48)29-55-22-21-53-18-17-51-14-13-47/h5-12,25-28,47H,4,13-24,29H2,1-3H3. The van der Waals surface area contributed by atoms with E-state index in [-0.39, 0.29) is 44.4 Å². The molecule has 0 amide bonds. The van der Waals surface area contributed by atoms with Gasteiger partial charge in [-0.2, -0.15) is 0 Å². The van der Waals surface area contributed by atoms with Gasteiger partial charge in [0.15, 0.2) is 5.78 Å². The van der Waals surface area contributed by atoms with E-state index in [1.807, 2.05) is 42.5 Å². The summed E-state index contributed by atoms with van der Waals surface area (Å²) in [4.78, 5) is 27.1. The van der Waals surface area contributed by atoms with Crippen LogP contribution in [-0.2, 0) is 45.2 Å². The lowest BCUT2D eigenvalue weighted by molar-refractivity contribution is 0.00443. The van der Waals surface area contributed by atoms with Crippen molar-refractivity contribution in [2.24, 2.45) is 0 Å². The van der Waals surface area contributed by atoms with Crippen LogP contribution in [0, 0.1) is 0 Å². The first kappa shape index (κ1) is 44.6. The van der Waals surface area contributed by atoms with Crippen LogP contribution in [0.3, 0.4) is 0 Å². The largest absolute Gasteiger partial charge is 0.490 e. The quantitative estimate of drug-likeness (QED) is 0.0354. The minimum Gasteiger partial charge on any atom is -0.490 e. The van der Waals surface area contributed by atoms with E-state index in [1.54, 1.807) is 27.0 Å². The summed E-state index contributed by atoms with van der Waals surface area (Å²) in [6.45, 7) is 7.74. The van der Waals surface area contributed by atoms with Crippen LogP contribution in [0.4, 0.5) is 0 Å². The third-order valence-electron chi connectivity index (χ3n) is 9.42. The lowest BCUT2D eigenvalue weighted by Crippen LogP contribution is -2.30. The molecule has 306 valence electrons. The Labute approximate surface area is 351 Å². The maximum atomic E-state index is 13.7. The maximum absolute atomic E-state index is 13.7. The number of esters is 1. The highest BCUT2D eigenvalue weighted by molar-refractivity contribution is 9.10. The van der Waals surface area contributed by atoms with Gasteiger partial charge < -0.3 is 43.0 Å². The van der Waals surface area contributed by atoms with E-state index < -0.39 is 11.4 Å². The van der Waals surface area contributed by atoms with Crippen LogP contribution in [0.5, 0.6) is 5.75 Å². The molecule has 0 saturated heterocycles. The van der Waals surface area contributed by atoms with Crippen LogP contribution in [0.15, 0.2) is 81.7 Å². The van der Waals surface area contributed by atoms with Gasteiger partial charge in [-0.1, -0.05) is 62.2 Å². The molecular weight excluding hydrogens is 864 g/mol. The van der Waals surface area contributed by atoms with Crippen molar-refractivity contribution in [1.82, 2.24) is 0 Å². The number of hydrogen-bond acceptors (Lipinski definition) is 11. The zero-order chi connectivity index (χ0) is 40.6. The van der Waals surface area contributed by atoms with E-state index in [9.17, 15) is 9.59 Å². The van der Waals surface area contributed by atoms with E-state index in [1.165, 1.54) is 0 Å². The number of halogens is 2. The Bertz CT molecular complexity index is 1900. The molecule has 4 aromatic rings. The number of methoxy groups -OCH3 is 1. The minimum atomic E-state index is -0.973. The Kier molecular flexibility index (Phi) is 17.7. The first-order chi connectivity index (χ1) is 27.8. The van der Waals surface area contributed by atoms with Gasteiger partial charge in [-0.3, -0.25) is 4.79 Å². The molecular formula is C44H50Br2O11. The van der Waals surface area contributed by atoms with Crippen molar-refractivity contribution in [3.63, 3.8) is 0 Å². The molecule has 0 radical (unpaired) electrons. The number of benzene rings is 4. The summed E-state index contributed by atoms with van der Waals surface area (Å²) in [6.07, 6.45) is 0. The molecule has 0 aromatic heterocycles. The van der Waals surface area contributed by atoms with Crippen LogP contribution in [-0.4, -0.2) is 110 Å². The van der Waals surface area contributed by atoms with Gasteiger partial charge >= 0.3 is 5.97 Å². The zero-order valence-electron chi connectivity index (χ0n) is 32.6. The molecule has 1 aliphatic rings. The number of aliphatic hydroxyl groups is 1. The van der Waals surface area contributed by atoms with Gasteiger partial charge in [-0.15, -0.1) is 0 Å². The summed E-state index contributed by atoms with van der Waals surface area (Å²) in [6, 6.07) is 24.0. The highest BCUT2D eigenvalue weighted by atomic mass is 79.9. The van der Waals surface area contributed by atoms with Gasteiger partial charge in [0.1, 0.15) is 17.9 Å². The molecule has 5 rings (SSSR count). The van der Waals surface area contributed by atoms with Crippen molar-refractivity contribution in [3.8, 4) is 16.9 Å². The molecule has 1 aliphatic carbocycles. The van der Waals surface area contributed by atoms with Gasteiger partial charge in [-0.05, 0) is 95.3 Å². The van der Waals surface area contributed by atoms with Crippen LogP contribution < -0.4 is 4.74 Å². The van der Waals surface area contributed by atoms with Gasteiger partial charge in [0.25, 0.3) is 0 Å². The number of fused-ring (bicyclic) bond motifs is 3. The van der Waals surface area contributed by atoms with Crippen molar-refractivity contribution < 1.29 is 52.6 Å². The lowest BCUT2D eigenvalue weighted by Gasteiger charge is -2.35. The summed E-state index contributed by atoms with van der Waals surface area (Å²) >= 11 is 7.47. The third kappa shape index (κ3) is 11.2. The zero-order valence-corrected chi connectivity index (χ0v) is 35.8. The number of carbonyl (C=O) groups excluding carboxylic acids is 2. The fourth-order valence-electron chi connectivity index (χ4n) is 6.94. The van der Waals surface area contributed by atoms with Crippen molar-refractivity contribution in [3.05, 3.63) is 121 Å². The summed E-state index contributed by atoms with van der Waals surface area (Å²) in [5.41, 5.74) is 6.22. The SMILES string of the molecule is CCOC(=O)c1cc(C2(c3ccc(COCCOCCOCCO)c(C(C)=O)c3)c3cc(Br)ccc3-c3ccc(Br)cc32)ccc1OCCOCCOCCOC. The first-order valence-corrected chi connectivity index (χ1v) is 20.5. The number of ketones is 1. The predicted molar refractivity (Wildman–Crippen MR) is 222 cm³/mol. The number of Topliss-reactive ketones (excluding diaryl/α,β-unsaturated/α-hetero) is 1. The minimum absolute atomic E-state index is 0.0320. The van der Waals surface area contributed by atoms with Crippen LogP contribution in [0.25, 0.3) is 11.1 Å². The number of carbonyl (C=O) groups is 2. The molecule has 1 N–H and O–H groups in total. The molecule has 0 aliphatic heterocycles. The Morgan fingerprint density at radius 1 is 0.632 bits per heavy atom. The van der Waals surface area contributed by atoms with E-state index >= 15 is 0 Å². The highest BCUT2D eigenvalue weighted by Gasteiger charge is 2.47. The predicted octanol–water partition coefficient (Wildman–Crippen LogP) is 7.55. The maximum Gasteiger partial charge on any atom is 0.341 e. The van der Waals surface area contributed by atoms with Crippen LogP contribution in [0.1, 0.15) is 62.4 Å². The van der Waals surface area contributed by atoms with Crippen molar-refractivity contribution in [1.29, 1.82) is 0 Å². The van der Waals surface area contributed by atoms with Crippen LogP contribution >= 0.6 is 31.9 Å². The highest BCUT2D eigenvalue weighted by Crippen LogP contribution is 2.57. The molecule has 11 nitrogen and oxygen atoms in total. The van der Waals surface area contributed by atoms with E-state index in [4.69, 9.17) is 43.0 Å². The molecule has 0 bridgehead atoms. The topological polar surface area (TPSA) is 128 Å². The average molecular weight is 915 g/mol. The Balaban J connectivity index is 1.53. The van der Waals surface area contributed by atoms with Crippen molar-refractivity contribution in [2.45, 2.75) is 25.9 Å². The molecule has 57 heavy (non-hydrogen) atoms. The third-order valence-corrected chi connectivity index (χ3v) is 10.4. The monoisotopic (exact) mass is 912 g/mol. The number of ether oxygens (including phenoxy) is 8. The number of rotatable bonds is 25. The molecule has 0 spiro atoms. The summed E-state index contributed by atoms with van der Waals surface area (Å²) in [7, 11) is 1.62. The average Bonchev–Trinajstić information content (AvgIpc) is 3.48. The second-order valence-electron chi connectivity index (χ2n) is 13.1. The second kappa shape index (κ2) is 22.6. The summed E-state index contributed by atoms with van der Waals surface area (Å²) < 4.78 is 46.4. The Hall–Kier alpha value is -3.50. The van der Waals surface area contributed by atoms with Gasteiger partial charge in [0.05, 0.1) is 91.3 Å². The molecule has 4 aromatic carbocycles. The molecule has 0 unspecified atom stereocenters. The Morgan fingerprint density at radius 2 is 1.16 bits per heavy atom. The van der Waals surface area contributed by atoms with Gasteiger partial charge in [-0.25, -0.2) is 4.79 Å². The molecule has 13 heteroatoms. The lowest BCUT2D eigenvalue weighted by atomic mass is 9.67. The van der Waals surface area contributed by atoms with Crippen molar-refractivity contribution >= 4 is 43.6 Å². The normalized spacial score (nSPS) is 12.7. The second-order valence-corrected chi connectivity index (χ2v) is 14.9. The van der Waals surface area contributed by atoms with Crippen molar-refractivity contribution in [2.75, 3.05) is 93.0 Å². The summed E-state index contributed by atoms with van der Waals surface area (Å²) in [5.74, 6) is -0.255. The fourth-order valence-corrected chi connectivity index (χ4v) is 7.66. The molecule has 0 atom stereocenters. The van der Waals surface area contributed by atoms with E-state index in [0.717, 1.165) is 47.9 Å². The number of aliphatic hydroxyl groups excluding tert-OH is 1. The molecule has 0 fully saturated rings. The fraction of sp³-hybridized carbons (Fsp3) is 0.409. The number of hydrogen-bond donors (Lipinski definition) is 1. The smallest absolute Gasteiger partial charge is 0.341 e. The molecule has 0 heterocycles.